The normalized spacial score (nSPS) is 14.9. The summed E-state index contributed by atoms with van der Waals surface area (Å²) in [7, 11) is 0. The fraction of sp³-hybridized carbons (Fsp3) is 0.917. The van der Waals surface area contributed by atoms with Gasteiger partial charge in [0.05, 0.1) is 19.2 Å². The highest BCUT2D eigenvalue weighted by atomic mass is 19.3. The number of alkyl halides is 2. The van der Waals surface area contributed by atoms with Crippen LogP contribution in [0.4, 0.5) is 8.78 Å². The van der Waals surface area contributed by atoms with Gasteiger partial charge in [0.25, 0.3) is 6.43 Å². The number of halogens is 2. The van der Waals surface area contributed by atoms with Crippen molar-refractivity contribution in [3.63, 3.8) is 0 Å². The summed E-state index contributed by atoms with van der Waals surface area (Å²) in [6.07, 6.45) is -0.708. The molecule has 0 aromatic rings. The molecule has 0 fully saturated rings. The Morgan fingerprint density at radius 1 is 1.39 bits per heavy atom. The van der Waals surface area contributed by atoms with Gasteiger partial charge in [0.15, 0.2) is 0 Å². The number of nitrogens with one attached hydrogen (secondary N) is 1. The maximum Gasteiger partial charge on any atom is 0.251 e. The van der Waals surface area contributed by atoms with Gasteiger partial charge < -0.3 is 10.4 Å². The van der Waals surface area contributed by atoms with Gasteiger partial charge in [-0.15, -0.1) is 0 Å². The van der Waals surface area contributed by atoms with Crippen molar-refractivity contribution in [2.24, 2.45) is 0 Å². The fourth-order valence-electron chi connectivity index (χ4n) is 1.78. The molecule has 0 bridgehead atoms. The monoisotopic (exact) mass is 266 g/mol. The first kappa shape index (κ1) is 17.2. The van der Waals surface area contributed by atoms with Crippen LogP contribution in [0, 0.1) is 0 Å². The van der Waals surface area contributed by atoms with Gasteiger partial charge in [0.1, 0.15) is 0 Å². The molecule has 2 unspecified atom stereocenters. The Balaban J connectivity index is 4.36. The molecule has 0 spiro atoms. The van der Waals surface area contributed by atoms with Crippen LogP contribution in [0.5, 0.6) is 0 Å². The first-order valence-corrected chi connectivity index (χ1v) is 6.35. The lowest BCUT2D eigenvalue weighted by molar-refractivity contribution is -0.127. The highest BCUT2D eigenvalue weighted by Crippen LogP contribution is 2.05. The van der Waals surface area contributed by atoms with Crippen LogP contribution < -0.4 is 5.32 Å². The SMILES string of the molecule is CCCC(C)NC(=O)C(C)N(CCO)CC(F)F. The van der Waals surface area contributed by atoms with Crippen LogP contribution in [0.3, 0.4) is 0 Å². The number of carbonyl (C=O) groups excluding carboxylic acids is 1. The summed E-state index contributed by atoms with van der Waals surface area (Å²) in [6.45, 7) is 4.80. The predicted molar refractivity (Wildman–Crippen MR) is 66.6 cm³/mol. The van der Waals surface area contributed by atoms with Crippen molar-refractivity contribution in [2.45, 2.75) is 52.1 Å². The van der Waals surface area contributed by atoms with Crippen LogP contribution in [0.15, 0.2) is 0 Å². The molecule has 1 amide bonds. The van der Waals surface area contributed by atoms with Gasteiger partial charge in [-0.2, -0.15) is 0 Å². The van der Waals surface area contributed by atoms with E-state index in [-0.39, 0.29) is 25.1 Å². The van der Waals surface area contributed by atoms with Crippen LogP contribution in [0.1, 0.15) is 33.6 Å². The molecule has 0 aliphatic carbocycles. The third-order valence-corrected chi connectivity index (χ3v) is 2.80. The summed E-state index contributed by atoms with van der Waals surface area (Å²) in [6, 6.07) is -0.627. The maximum absolute atomic E-state index is 12.4. The van der Waals surface area contributed by atoms with E-state index in [2.05, 4.69) is 5.32 Å². The first-order chi connectivity index (χ1) is 8.42. The van der Waals surface area contributed by atoms with Crippen molar-refractivity contribution >= 4 is 5.91 Å². The number of rotatable bonds is 9. The molecule has 0 aromatic carbocycles. The Bertz CT molecular complexity index is 240. The zero-order valence-corrected chi connectivity index (χ0v) is 11.3. The number of carbonyl (C=O) groups is 1. The van der Waals surface area contributed by atoms with Crippen molar-refractivity contribution in [1.82, 2.24) is 10.2 Å². The van der Waals surface area contributed by atoms with E-state index >= 15 is 0 Å². The highest BCUT2D eigenvalue weighted by molar-refractivity contribution is 5.81. The molecular formula is C12H24F2N2O2. The molecule has 4 nitrogen and oxygen atoms in total. The highest BCUT2D eigenvalue weighted by Gasteiger charge is 2.24. The molecule has 0 heterocycles. The Morgan fingerprint density at radius 2 is 2.00 bits per heavy atom. The van der Waals surface area contributed by atoms with E-state index in [9.17, 15) is 13.6 Å². The number of nitrogens with zero attached hydrogens (tertiary/aromatic N) is 1. The number of amides is 1. The van der Waals surface area contributed by atoms with Gasteiger partial charge in [-0.3, -0.25) is 9.69 Å². The van der Waals surface area contributed by atoms with E-state index in [4.69, 9.17) is 5.11 Å². The first-order valence-electron chi connectivity index (χ1n) is 6.35. The van der Waals surface area contributed by atoms with E-state index in [1.165, 1.54) is 4.90 Å². The molecule has 2 atom stereocenters. The molecule has 0 radical (unpaired) electrons. The molecular weight excluding hydrogens is 242 g/mol. The van der Waals surface area contributed by atoms with Crippen molar-refractivity contribution in [1.29, 1.82) is 0 Å². The lowest BCUT2D eigenvalue weighted by Gasteiger charge is -2.28. The minimum atomic E-state index is -2.51. The van der Waals surface area contributed by atoms with Gasteiger partial charge in [0.2, 0.25) is 5.91 Å². The molecule has 2 N–H and O–H groups in total. The van der Waals surface area contributed by atoms with Crippen molar-refractivity contribution in [3.8, 4) is 0 Å². The second kappa shape index (κ2) is 9.22. The van der Waals surface area contributed by atoms with Crippen LogP contribution in [-0.2, 0) is 4.79 Å². The molecule has 18 heavy (non-hydrogen) atoms. The number of hydrogen-bond acceptors (Lipinski definition) is 3. The van der Waals surface area contributed by atoms with Gasteiger partial charge in [-0.05, 0) is 20.3 Å². The summed E-state index contributed by atoms with van der Waals surface area (Å²) < 4.78 is 24.7. The number of aliphatic hydroxyl groups excluding tert-OH is 1. The molecule has 0 saturated heterocycles. The second-order valence-corrected chi connectivity index (χ2v) is 4.48. The van der Waals surface area contributed by atoms with E-state index < -0.39 is 19.0 Å². The zero-order valence-electron chi connectivity index (χ0n) is 11.3. The molecule has 0 saturated carbocycles. The molecule has 0 aliphatic rings. The minimum Gasteiger partial charge on any atom is -0.395 e. The summed E-state index contributed by atoms with van der Waals surface area (Å²) in [5.74, 6) is -0.273. The lowest BCUT2D eigenvalue weighted by atomic mass is 10.1. The van der Waals surface area contributed by atoms with Gasteiger partial charge in [-0.25, -0.2) is 8.78 Å². The predicted octanol–water partition coefficient (Wildman–Crippen LogP) is 1.24. The average Bonchev–Trinajstić information content (AvgIpc) is 2.27. The van der Waals surface area contributed by atoms with Crippen molar-refractivity contribution in [2.75, 3.05) is 19.7 Å². The Morgan fingerprint density at radius 3 is 2.44 bits per heavy atom. The average molecular weight is 266 g/mol. The van der Waals surface area contributed by atoms with Crippen molar-refractivity contribution < 1.29 is 18.7 Å². The van der Waals surface area contributed by atoms with Crippen LogP contribution in [0.2, 0.25) is 0 Å². The summed E-state index contributed by atoms with van der Waals surface area (Å²) in [5, 5.41) is 11.6. The largest absolute Gasteiger partial charge is 0.395 e. The summed E-state index contributed by atoms with van der Waals surface area (Å²) in [4.78, 5) is 13.1. The van der Waals surface area contributed by atoms with E-state index in [0.29, 0.717) is 0 Å². The summed E-state index contributed by atoms with van der Waals surface area (Å²) in [5.41, 5.74) is 0. The van der Waals surface area contributed by atoms with Crippen LogP contribution >= 0.6 is 0 Å². The lowest BCUT2D eigenvalue weighted by Crippen LogP contribution is -2.49. The Labute approximate surface area is 107 Å². The third kappa shape index (κ3) is 6.86. The Hall–Kier alpha value is -0.750. The van der Waals surface area contributed by atoms with Gasteiger partial charge in [0, 0.05) is 12.6 Å². The van der Waals surface area contributed by atoms with Crippen LogP contribution in [0.25, 0.3) is 0 Å². The topological polar surface area (TPSA) is 52.6 Å². The van der Waals surface area contributed by atoms with Gasteiger partial charge >= 0.3 is 0 Å². The smallest absolute Gasteiger partial charge is 0.251 e. The molecule has 0 aliphatic heterocycles. The maximum atomic E-state index is 12.4. The second-order valence-electron chi connectivity index (χ2n) is 4.48. The number of hydrogen-bond donors (Lipinski definition) is 2. The standard InChI is InChI=1S/C12H24F2N2O2/c1-4-5-9(2)15-12(18)10(3)16(6-7-17)8-11(13)14/h9-11,17H,4-8H2,1-3H3,(H,15,18). The quantitative estimate of drug-likeness (QED) is 0.660. The zero-order chi connectivity index (χ0) is 14.1. The molecule has 6 heteroatoms. The summed E-state index contributed by atoms with van der Waals surface area (Å²) >= 11 is 0. The van der Waals surface area contributed by atoms with E-state index in [0.717, 1.165) is 12.8 Å². The minimum absolute atomic E-state index is 0.0347. The molecule has 0 aromatic heterocycles. The fourth-order valence-corrected chi connectivity index (χ4v) is 1.78. The van der Waals surface area contributed by atoms with Crippen molar-refractivity contribution in [3.05, 3.63) is 0 Å². The number of aliphatic hydroxyl groups is 1. The van der Waals surface area contributed by atoms with Gasteiger partial charge in [-0.1, -0.05) is 13.3 Å². The Kier molecular flexibility index (Phi) is 8.83. The molecule has 0 rings (SSSR count). The van der Waals surface area contributed by atoms with E-state index in [1.54, 1.807) is 6.92 Å². The van der Waals surface area contributed by atoms with Crippen LogP contribution in [-0.4, -0.2) is 54.1 Å². The third-order valence-electron chi connectivity index (χ3n) is 2.80. The molecule has 108 valence electrons. The van der Waals surface area contributed by atoms with E-state index in [1.807, 2.05) is 13.8 Å².